The topological polar surface area (TPSA) is 60.2 Å². The minimum Gasteiger partial charge on any atom is -0.492 e. The summed E-state index contributed by atoms with van der Waals surface area (Å²) >= 11 is 7.35. The van der Waals surface area contributed by atoms with E-state index in [9.17, 15) is 4.79 Å². The Labute approximate surface area is 186 Å². The predicted molar refractivity (Wildman–Crippen MR) is 121 cm³/mol. The number of amides is 1. The molecular weight excluding hydrogens is 420 g/mol. The third-order valence-electron chi connectivity index (χ3n) is 4.55. The maximum absolute atomic E-state index is 12.5. The second kappa shape index (κ2) is 10.5. The minimum atomic E-state index is 0.0115. The molecule has 0 spiro atoms. The third kappa shape index (κ3) is 5.77. The predicted octanol–water partition coefficient (Wildman–Crippen LogP) is 4.56. The maximum Gasteiger partial charge on any atom is 0.232 e. The molecule has 0 fully saturated rings. The number of halogens is 1. The van der Waals surface area contributed by atoms with Gasteiger partial charge in [0.05, 0.1) is 12.3 Å². The van der Waals surface area contributed by atoms with Crippen LogP contribution in [0.4, 0.5) is 0 Å². The summed E-state index contributed by atoms with van der Waals surface area (Å²) in [6.45, 7) is 5.72. The van der Waals surface area contributed by atoms with E-state index in [-0.39, 0.29) is 5.91 Å². The minimum absolute atomic E-state index is 0.0115. The largest absolute Gasteiger partial charge is 0.492 e. The van der Waals surface area contributed by atoms with Crippen molar-refractivity contribution >= 4 is 29.3 Å². The molecule has 1 aromatic heterocycles. The number of nitrogens with zero attached hydrogens (tertiary/aromatic N) is 4. The lowest BCUT2D eigenvalue weighted by molar-refractivity contribution is -0.127. The van der Waals surface area contributed by atoms with Gasteiger partial charge < -0.3 is 14.2 Å². The smallest absolute Gasteiger partial charge is 0.232 e. The summed E-state index contributed by atoms with van der Waals surface area (Å²) in [6.07, 6.45) is 0. The van der Waals surface area contributed by atoms with E-state index in [2.05, 4.69) is 29.3 Å². The number of carbonyl (C=O) groups excluding carboxylic acids is 1. The van der Waals surface area contributed by atoms with Crippen LogP contribution in [-0.4, -0.2) is 51.5 Å². The number of aryl methyl sites for hydroxylation is 1. The van der Waals surface area contributed by atoms with Crippen LogP contribution in [0.3, 0.4) is 0 Å². The van der Waals surface area contributed by atoms with E-state index in [4.69, 9.17) is 16.3 Å². The van der Waals surface area contributed by atoms with Crippen LogP contribution in [0.15, 0.2) is 53.7 Å². The summed E-state index contributed by atoms with van der Waals surface area (Å²) in [6, 6.07) is 15.4. The first-order chi connectivity index (χ1) is 14.5. The Morgan fingerprint density at radius 1 is 1.20 bits per heavy atom. The van der Waals surface area contributed by atoms with Crippen molar-refractivity contribution in [2.24, 2.45) is 0 Å². The van der Waals surface area contributed by atoms with Crippen molar-refractivity contribution in [2.45, 2.75) is 25.5 Å². The molecule has 3 rings (SSSR count). The van der Waals surface area contributed by atoms with E-state index in [0.717, 1.165) is 23.1 Å². The zero-order chi connectivity index (χ0) is 21.5. The van der Waals surface area contributed by atoms with E-state index in [1.54, 1.807) is 24.1 Å². The quantitative estimate of drug-likeness (QED) is 0.453. The Bertz CT molecular complexity index is 1010. The molecule has 30 heavy (non-hydrogen) atoms. The lowest BCUT2D eigenvalue weighted by Crippen LogP contribution is -2.32. The highest BCUT2D eigenvalue weighted by molar-refractivity contribution is 7.99. The van der Waals surface area contributed by atoms with Crippen LogP contribution in [0.5, 0.6) is 5.75 Å². The van der Waals surface area contributed by atoms with Crippen molar-refractivity contribution in [1.82, 2.24) is 19.7 Å². The summed E-state index contributed by atoms with van der Waals surface area (Å²) in [5.74, 6) is 1.81. The lowest BCUT2D eigenvalue weighted by Gasteiger charge is -2.17. The van der Waals surface area contributed by atoms with E-state index in [1.807, 2.05) is 35.8 Å². The molecule has 158 valence electrons. The average molecular weight is 445 g/mol. The summed E-state index contributed by atoms with van der Waals surface area (Å²) in [5, 5.41) is 10.0. The van der Waals surface area contributed by atoms with Crippen molar-refractivity contribution in [1.29, 1.82) is 0 Å². The Kier molecular flexibility index (Phi) is 7.76. The van der Waals surface area contributed by atoms with Gasteiger partial charge in [0.25, 0.3) is 0 Å². The van der Waals surface area contributed by atoms with Crippen molar-refractivity contribution in [3.05, 3.63) is 59.1 Å². The average Bonchev–Trinajstić information content (AvgIpc) is 3.15. The molecule has 6 nitrogen and oxygen atoms in total. The molecule has 3 aromatic rings. The Hall–Kier alpha value is -2.51. The van der Waals surface area contributed by atoms with Gasteiger partial charge in [-0.25, -0.2) is 0 Å². The lowest BCUT2D eigenvalue weighted by atomic mass is 10.1. The van der Waals surface area contributed by atoms with Gasteiger partial charge in [0.2, 0.25) is 5.91 Å². The second-order valence-electron chi connectivity index (χ2n) is 6.83. The number of hydrogen-bond acceptors (Lipinski definition) is 5. The normalized spacial score (nSPS) is 10.8. The number of thioether (sulfide) groups is 1. The molecule has 1 amide bonds. The van der Waals surface area contributed by atoms with Crippen LogP contribution < -0.4 is 4.74 Å². The highest BCUT2D eigenvalue weighted by atomic mass is 35.5. The molecule has 0 unspecified atom stereocenters. The van der Waals surface area contributed by atoms with Crippen molar-refractivity contribution < 1.29 is 9.53 Å². The van der Waals surface area contributed by atoms with Crippen LogP contribution in [0, 0.1) is 6.92 Å². The van der Waals surface area contributed by atoms with Gasteiger partial charge in [-0.15, -0.1) is 10.2 Å². The van der Waals surface area contributed by atoms with Crippen LogP contribution in [0.1, 0.15) is 12.5 Å². The fourth-order valence-electron chi connectivity index (χ4n) is 2.90. The van der Waals surface area contributed by atoms with Gasteiger partial charge in [-0.3, -0.25) is 4.79 Å². The highest BCUT2D eigenvalue weighted by Crippen LogP contribution is 2.24. The van der Waals surface area contributed by atoms with Gasteiger partial charge >= 0.3 is 0 Å². The van der Waals surface area contributed by atoms with Gasteiger partial charge in [0.1, 0.15) is 12.4 Å². The first-order valence-corrected chi connectivity index (χ1v) is 11.1. The van der Waals surface area contributed by atoms with Crippen LogP contribution >= 0.6 is 23.4 Å². The summed E-state index contributed by atoms with van der Waals surface area (Å²) in [5.41, 5.74) is 2.20. The summed E-state index contributed by atoms with van der Waals surface area (Å²) in [7, 11) is 1.77. The molecule has 8 heteroatoms. The SMILES string of the molecule is CCn1c(SCC(=O)N(C)CCOc2cccc(Cl)c2)nnc1-c1cccc(C)c1. The van der Waals surface area contributed by atoms with Gasteiger partial charge in [-0.05, 0) is 38.1 Å². The molecule has 0 aliphatic rings. The monoisotopic (exact) mass is 444 g/mol. The molecular formula is C22H25ClN4O2S. The third-order valence-corrected chi connectivity index (χ3v) is 5.74. The van der Waals surface area contributed by atoms with Crippen LogP contribution in [-0.2, 0) is 11.3 Å². The standard InChI is InChI=1S/C22H25ClN4O2S/c1-4-27-21(17-8-5-7-16(2)13-17)24-25-22(27)30-15-20(28)26(3)11-12-29-19-10-6-9-18(23)14-19/h5-10,13-14H,4,11-12,15H2,1-3H3. The summed E-state index contributed by atoms with van der Waals surface area (Å²) < 4.78 is 7.69. The molecule has 0 aliphatic heterocycles. The number of rotatable bonds is 9. The fourth-order valence-corrected chi connectivity index (χ4v) is 4.02. The van der Waals surface area contributed by atoms with E-state index in [0.29, 0.717) is 29.7 Å². The molecule has 0 aliphatic carbocycles. The van der Waals surface area contributed by atoms with Gasteiger partial charge in [0.15, 0.2) is 11.0 Å². The van der Waals surface area contributed by atoms with Crippen molar-refractivity contribution in [3.8, 4) is 17.1 Å². The fraction of sp³-hybridized carbons (Fsp3) is 0.318. The van der Waals surface area contributed by atoms with Crippen molar-refractivity contribution in [2.75, 3.05) is 26.0 Å². The Morgan fingerprint density at radius 3 is 2.73 bits per heavy atom. The van der Waals surface area contributed by atoms with E-state index in [1.165, 1.54) is 17.3 Å². The molecule has 0 saturated carbocycles. The maximum atomic E-state index is 12.5. The van der Waals surface area contributed by atoms with Crippen molar-refractivity contribution in [3.63, 3.8) is 0 Å². The second-order valence-corrected chi connectivity index (χ2v) is 8.21. The molecule has 0 N–H and O–H groups in total. The number of carbonyl (C=O) groups is 1. The molecule has 2 aromatic carbocycles. The number of aromatic nitrogens is 3. The van der Waals surface area contributed by atoms with Gasteiger partial charge in [-0.2, -0.15) is 0 Å². The number of hydrogen-bond donors (Lipinski definition) is 0. The first kappa shape index (κ1) is 22.2. The number of ether oxygens (including phenoxy) is 1. The summed E-state index contributed by atoms with van der Waals surface area (Å²) in [4.78, 5) is 14.2. The van der Waals surface area contributed by atoms with Gasteiger partial charge in [0, 0.05) is 24.2 Å². The Morgan fingerprint density at radius 2 is 2.00 bits per heavy atom. The molecule has 0 saturated heterocycles. The van der Waals surface area contributed by atoms with E-state index < -0.39 is 0 Å². The molecule has 0 atom stereocenters. The molecule has 0 radical (unpaired) electrons. The molecule has 1 heterocycles. The molecule has 0 bridgehead atoms. The van der Waals surface area contributed by atoms with Crippen LogP contribution in [0.25, 0.3) is 11.4 Å². The highest BCUT2D eigenvalue weighted by Gasteiger charge is 2.16. The van der Waals surface area contributed by atoms with E-state index >= 15 is 0 Å². The van der Waals surface area contributed by atoms with Crippen LogP contribution in [0.2, 0.25) is 5.02 Å². The zero-order valence-electron chi connectivity index (χ0n) is 17.3. The zero-order valence-corrected chi connectivity index (χ0v) is 18.9. The Balaban J connectivity index is 1.54. The first-order valence-electron chi connectivity index (χ1n) is 9.73. The van der Waals surface area contributed by atoms with Gasteiger partial charge in [-0.1, -0.05) is 53.2 Å². The number of likely N-dealkylation sites (N-methyl/N-ethyl adjacent to an activating group) is 1. The number of benzene rings is 2.